The number of nitrogens with zero attached hydrogens (tertiary/aromatic N) is 3. The molecule has 1 aromatic heterocycles. The molecule has 1 heterocycles. The van der Waals surface area contributed by atoms with Gasteiger partial charge in [-0.15, -0.1) is 0 Å². The van der Waals surface area contributed by atoms with Crippen LogP contribution in [-0.4, -0.2) is 61.0 Å². The van der Waals surface area contributed by atoms with Crippen molar-refractivity contribution in [3.63, 3.8) is 0 Å². The minimum atomic E-state index is 0.0106. The molecule has 0 saturated carbocycles. The van der Waals surface area contributed by atoms with Crippen LogP contribution in [-0.2, 0) is 0 Å². The van der Waals surface area contributed by atoms with Gasteiger partial charge in [0.2, 0.25) is 0 Å². The van der Waals surface area contributed by atoms with Crippen molar-refractivity contribution in [1.82, 2.24) is 14.8 Å². The molecule has 0 aliphatic heterocycles. The molecule has 0 aromatic carbocycles. The summed E-state index contributed by atoms with van der Waals surface area (Å²) in [6, 6.07) is 3.74. The molecule has 5 nitrogen and oxygen atoms in total. The van der Waals surface area contributed by atoms with E-state index in [2.05, 4.69) is 22.1 Å². The molecule has 1 aromatic rings. The number of rotatable bonds is 9. The molecule has 0 spiro atoms. The maximum Gasteiger partial charge on any atom is 0.272 e. The monoisotopic (exact) mass is 292 g/mol. The lowest BCUT2D eigenvalue weighted by molar-refractivity contribution is 0.0753. The smallest absolute Gasteiger partial charge is 0.272 e. The van der Waals surface area contributed by atoms with Gasteiger partial charge in [0.25, 0.3) is 5.91 Å². The van der Waals surface area contributed by atoms with E-state index in [0.29, 0.717) is 12.2 Å². The summed E-state index contributed by atoms with van der Waals surface area (Å²) in [5.74, 6) is 0.0106. The second-order valence-corrected chi connectivity index (χ2v) is 5.40. The van der Waals surface area contributed by atoms with Crippen LogP contribution in [0.2, 0.25) is 0 Å². The van der Waals surface area contributed by atoms with Gasteiger partial charge in [-0.1, -0.05) is 6.92 Å². The first-order valence-corrected chi connectivity index (χ1v) is 7.72. The van der Waals surface area contributed by atoms with E-state index in [0.717, 1.165) is 38.2 Å². The summed E-state index contributed by atoms with van der Waals surface area (Å²) in [4.78, 5) is 20.7. The predicted molar refractivity (Wildman–Crippen MR) is 87.8 cm³/mol. The third kappa shape index (κ3) is 6.12. The fourth-order valence-electron chi connectivity index (χ4n) is 2.07. The van der Waals surface area contributed by atoms with Crippen LogP contribution in [0.5, 0.6) is 0 Å². The SMILES string of the molecule is CCCNc1ccnc(C(=O)N(CC)CCCN(C)C)c1. The first-order chi connectivity index (χ1) is 10.1. The van der Waals surface area contributed by atoms with Crippen LogP contribution in [0.25, 0.3) is 0 Å². The van der Waals surface area contributed by atoms with E-state index in [-0.39, 0.29) is 5.91 Å². The Morgan fingerprint density at radius 2 is 2.05 bits per heavy atom. The van der Waals surface area contributed by atoms with Gasteiger partial charge in [-0.05, 0) is 52.5 Å². The minimum Gasteiger partial charge on any atom is -0.385 e. The summed E-state index contributed by atoms with van der Waals surface area (Å²) < 4.78 is 0. The largest absolute Gasteiger partial charge is 0.385 e. The van der Waals surface area contributed by atoms with Crippen molar-refractivity contribution >= 4 is 11.6 Å². The lowest BCUT2D eigenvalue weighted by Gasteiger charge is -2.21. The van der Waals surface area contributed by atoms with Crippen LogP contribution in [0.4, 0.5) is 5.69 Å². The Labute approximate surface area is 128 Å². The molecular weight excluding hydrogens is 264 g/mol. The van der Waals surface area contributed by atoms with Crippen LogP contribution < -0.4 is 5.32 Å². The molecule has 1 N–H and O–H groups in total. The van der Waals surface area contributed by atoms with Crippen LogP contribution >= 0.6 is 0 Å². The zero-order valence-corrected chi connectivity index (χ0v) is 13.7. The summed E-state index contributed by atoms with van der Waals surface area (Å²) in [5.41, 5.74) is 1.47. The van der Waals surface area contributed by atoms with Crippen LogP contribution in [0.3, 0.4) is 0 Å². The number of carbonyl (C=O) groups excluding carboxylic acids is 1. The second-order valence-electron chi connectivity index (χ2n) is 5.40. The van der Waals surface area contributed by atoms with Gasteiger partial charge in [-0.3, -0.25) is 9.78 Å². The predicted octanol–water partition coefficient (Wildman–Crippen LogP) is 2.32. The average molecular weight is 292 g/mol. The van der Waals surface area contributed by atoms with Crippen molar-refractivity contribution in [3.05, 3.63) is 24.0 Å². The van der Waals surface area contributed by atoms with E-state index in [1.807, 2.05) is 38.1 Å². The van der Waals surface area contributed by atoms with Gasteiger partial charge in [-0.25, -0.2) is 0 Å². The van der Waals surface area contributed by atoms with Crippen LogP contribution in [0.15, 0.2) is 18.3 Å². The number of amides is 1. The molecule has 1 amide bonds. The molecule has 0 aliphatic carbocycles. The number of nitrogens with one attached hydrogen (secondary N) is 1. The number of anilines is 1. The van der Waals surface area contributed by atoms with Crippen molar-refractivity contribution in [1.29, 1.82) is 0 Å². The Bertz CT molecular complexity index is 434. The summed E-state index contributed by atoms with van der Waals surface area (Å²) in [6.07, 6.45) is 3.72. The average Bonchev–Trinajstić information content (AvgIpc) is 2.49. The summed E-state index contributed by atoms with van der Waals surface area (Å²) in [7, 11) is 4.09. The van der Waals surface area contributed by atoms with Gasteiger partial charge in [-0.2, -0.15) is 0 Å². The van der Waals surface area contributed by atoms with E-state index in [4.69, 9.17) is 0 Å². The minimum absolute atomic E-state index is 0.0106. The fourth-order valence-corrected chi connectivity index (χ4v) is 2.07. The third-order valence-electron chi connectivity index (χ3n) is 3.26. The Hall–Kier alpha value is -1.62. The maximum absolute atomic E-state index is 12.5. The van der Waals surface area contributed by atoms with Crippen molar-refractivity contribution in [3.8, 4) is 0 Å². The van der Waals surface area contributed by atoms with Gasteiger partial charge >= 0.3 is 0 Å². The Morgan fingerprint density at radius 3 is 2.67 bits per heavy atom. The molecule has 21 heavy (non-hydrogen) atoms. The Morgan fingerprint density at radius 1 is 1.29 bits per heavy atom. The van der Waals surface area contributed by atoms with Crippen LogP contribution in [0.1, 0.15) is 37.2 Å². The van der Waals surface area contributed by atoms with E-state index in [9.17, 15) is 4.79 Å². The molecule has 0 saturated heterocycles. The fraction of sp³-hybridized carbons (Fsp3) is 0.625. The van der Waals surface area contributed by atoms with E-state index < -0.39 is 0 Å². The van der Waals surface area contributed by atoms with Gasteiger partial charge in [0, 0.05) is 31.5 Å². The molecule has 0 radical (unpaired) electrons. The second kappa shape index (κ2) is 9.34. The number of aromatic nitrogens is 1. The zero-order valence-electron chi connectivity index (χ0n) is 13.7. The molecule has 0 bridgehead atoms. The highest BCUT2D eigenvalue weighted by Crippen LogP contribution is 2.10. The number of carbonyl (C=O) groups is 1. The molecule has 0 atom stereocenters. The summed E-state index contributed by atoms with van der Waals surface area (Å²) >= 11 is 0. The standard InChI is InChI=1S/C16H28N4O/c1-5-9-17-14-8-10-18-15(13-14)16(21)20(6-2)12-7-11-19(3)4/h8,10,13H,5-7,9,11-12H2,1-4H3,(H,17,18). The van der Waals surface area contributed by atoms with E-state index >= 15 is 0 Å². The van der Waals surface area contributed by atoms with Gasteiger partial charge in [0.15, 0.2) is 0 Å². The quantitative estimate of drug-likeness (QED) is 0.759. The highest BCUT2D eigenvalue weighted by atomic mass is 16.2. The maximum atomic E-state index is 12.5. The lowest BCUT2D eigenvalue weighted by atomic mass is 10.2. The first kappa shape index (κ1) is 17.4. The van der Waals surface area contributed by atoms with Crippen LogP contribution in [0, 0.1) is 0 Å². The number of hydrogen-bond donors (Lipinski definition) is 1. The van der Waals surface area contributed by atoms with Crippen molar-refractivity contribution in [2.75, 3.05) is 45.6 Å². The highest BCUT2D eigenvalue weighted by molar-refractivity contribution is 5.93. The van der Waals surface area contributed by atoms with Gasteiger partial charge in [0.1, 0.15) is 5.69 Å². The lowest BCUT2D eigenvalue weighted by Crippen LogP contribution is -2.33. The third-order valence-corrected chi connectivity index (χ3v) is 3.26. The van der Waals surface area contributed by atoms with E-state index in [1.54, 1.807) is 6.20 Å². The molecule has 118 valence electrons. The molecule has 0 fully saturated rings. The molecule has 5 heteroatoms. The van der Waals surface area contributed by atoms with Crippen molar-refractivity contribution in [2.45, 2.75) is 26.7 Å². The molecular formula is C16H28N4O. The Balaban J connectivity index is 2.66. The van der Waals surface area contributed by atoms with Gasteiger partial charge < -0.3 is 15.1 Å². The number of pyridine rings is 1. The number of hydrogen-bond acceptors (Lipinski definition) is 4. The van der Waals surface area contributed by atoms with Crippen molar-refractivity contribution < 1.29 is 4.79 Å². The van der Waals surface area contributed by atoms with Gasteiger partial charge in [0.05, 0.1) is 0 Å². The van der Waals surface area contributed by atoms with Crippen molar-refractivity contribution in [2.24, 2.45) is 0 Å². The summed E-state index contributed by atoms with van der Waals surface area (Å²) in [6.45, 7) is 7.48. The normalized spacial score (nSPS) is 10.7. The summed E-state index contributed by atoms with van der Waals surface area (Å²) in [5, 5.41) is 3.29. The first-order valence-electron chi connectivity index (χ1n) is 7.72. The molecule has 0 aliphatic rings. The molecule has 1 rings (SSSR count). The topological polar surface area (TPSA) is 48.5 Å². The zero-order chi connectivity index (χ0) is 15.7. The van der Waals surface area contributed by atoms with E-state index in [1.165, 1.54) is 0 Å². The molecule has 0 unspecified atom stereocenters. The Kier molecular flexibility index (Phi) is 7.75. The highest BCUT2D eigenvalue weighted by Gasteiger charge is 2.15.